The van der Waals surface area contributed by atoms with Gasteiger partial charge in [0, 0.05) is 32.2 Å². The van der Waals surface area contributed by atoms with E-state index in [2.05, 4.69) is 0 Å². The van der Waals surface area contributed by atoms with Crippen molar-refractivity contribution in [1.29, 1.82) is 0 Å². The van der Waals surface area contributed by atoms with Crippen molar-refractivity contribution in [2.45, 2.75) is 45.4 Å². The highest BCUT2D eigenvalue weighted by molar-refractivity contribution is 5.82. The Hall–Kier alpha value is -2.83. The summed E-state index contributed by atoms with van der Waals surface area (Å²) in [6.07, 6.45) is 2.06. The van der Waals surface area contributed by atoms with Crippen LogP contribution in [0.2, 0.25) is 0 Å². The minimum Gasteiger partial charge on any atom is -0.466 e. The van der Waals surface area contributed by atoms with Crippen LogP contribution in [-0.4, -0.2) is 48.7 Å². The molecule has 0 unspecified atom stereocenters. The van der Waals surface area contributed by atoms with E-state index in [0.29, 0.717) is 19.4 Å². The van der Waals surface area contributed by atoms with E-state index in [9.17, 15) is 14.4 Å². The van der Waals surface area contributed by atoms with Crippen LogP contribution in [0.5, 0.6) is 0 Å². The molecule has 0 N–H and O–H groups in total. The summed E-state index contributed by atoms with van der Waals surface area (Å²) >= 11 is 0. The van der Waals surface area contributed by atoms with E-state index in [0.717, 1.165) is 11.3 Å². The number of allylic oxidation sites excluding steroid dienone is 1. The van der Waals surface area contributed by atoms with Gasteiger partial charge in [-0.05, 0) is 18.4 Å². The van der Waals surface area contributed by atoms with E-state index in [1.54, 1.807) is 0 Å². The predicted octanol–water partition coefficient (Wildman–Crippen LogP) is 2.20. The number of esters is 3. The number of benzene rings is 1. The average Bonchev–Trinajstić information content (AvgIpc) is 2.63. The fraction of sp³-hybridized carbons (Fsp3) is 0.450. The molecule has 2 atom stereocenters. The Morgan fingerprint density at radius 3 is 2.44 bits per heavy atom. The lowest BCUT2D eigenvalue weighted by atomic mass is 9.95. The Bertz CT molecular complexity index is 700. The summed E-state index contributed by atoms with van der Waals surface area (Å²) in [5, 5.41) is 0. The zero-order valence-corrected chi connectivity index (χ0v) is 15.8. The second-order valence-corrected chi connectivity index (χ2v) is 6.33. The summed E-state index contributed by atoms with van der Waals surface area (Å²) in [6.45, 7) is 3.21. The molecule has 0 aromatic heterocycles. The summed E-state index contributed by atoms with van der Waals surface area (Å²) < 4.78 is 15.5. The molecule has 0 saturated carbocycles. The first-order chi connectivity index (χ1) is 12.9. The third kappa shape index (κ3) is 6.13. The highest BCUT2D eigenvalue weighted by Gasteiger charge is 2.37. The SMILES string of the molecule is COC(=O)/C=C1\CC[C@@H](OC(C)=O)[C@H](COC(C)=O)N1Cc1ccccc1. The molecule has 2 rings (SSSR count). The van der Waals surface area contributed by atoms with Gasteiger partial charge in [0.1, 0.15) is 18.8 Å². The van der Waals surface area contributed by atoms with Gasteiger partial charge in [0.2, 0.25) is 0 Å². The Balaban J connectivity index is 2.36. The van der Waals surface area contributed by atoms with Crippen molar-refractivity contribution in [3.8, 4) is 0 Å². The number of piperidine rings is 1. The second-order valence-electron chi connectivity index (χ2n) is 6.33. The van der Waals surface area contributed by atoms with Crippen LogP contribution in [-0.2, 0) is 35.1 Å². The molecule has 0 bridgehead atoms. The maximum atomic E-state index is 11.8. The van der Waals surface area contributed by atoms with Gasteiger partial charge in [-0.15, -0.1) is 0 Å². The van der Waals surface area contributed by atoms with Crippen LogP contribution >= 0.6 is 0 Å². The zero-order chi connectivity index (χ0) is 19.8. The van der Waals surface area contributed by atoms with E-state index in [4.69, 9.17) is 14.2 Å². The van der Waals surface area contributed by atoms with Gasteiger partial charge in [0.25, 0.3) is 0 Å². The lowest BCUT2D eigenvalue weighted by Gasteiger charge is -2.43. The lowest BCUT2D eigenvalue weighted by Crippen LogP contribution is -2.51. The second kappa shape index (κ2) is 9.75. The molecule has 27 heavy (non-hydrogen) atoms. The molecule has 7 nitrogen and oxygen atoms in total. The van der Waals surface area contributed by atoms with Crippen molar-refractivity contribution >= 4 is 17.9 Å². The number of nitrogens with zero attached hydrogens (tertiary/aromatic N) is 1. The van der Waals surface area contributed by atoms with Crippen LogP contribution in [0, 0.1) is 0 Å². The first-order valence-electron chi connectivity index (χ1n) is 8.80. The van der Waals surface area contributed by atoms with Gasteiger partial charge in [-0.2, -0.15) is 0 Å². The number of methoxy groups -OCH3 is 1. The van der Waals surface area contributed by atoms with Crippen molar-refractivity contribution in [3.63, 3.8) is 0 Å². The third-order valence-electron chi connectivity index (χ3n) is 4.34. The first kappa shape index (κ1) is 20.5. The molecule has 1 saturated heterocycles. The summed E-state index contributed by atoms with van der Waals surface area (Å²) in [5.74, 6) is -1.27. The molecule has 1 aromatic carbocycles. The van der Waals surface area contributed by atoms with Crippen molar-refractivity contribution in [2.24, 2.45) is 0 Å². The molecule has 146 valence electrons. The van der Waals surface area contributed by atoms with Crippen LogP contribution in [0.15, 0.2) is 42.1 Å². The van der Waals surface area contributed by atoms with E-state index in [-0.39, 0.29) is 6.61 Å². The molecule has 7 heteroatoms. The molecule has 0 spiro atoms. The summed E-state index contributed by atoms with van der Waals surface area (Å²) in [5.41, 5.74) is 1.77. The summed E-state index contributed by atoms with van der Waals surface area (Å²) in [4.78, 5) is 36.6. The van der Waals surface area contributed by atoms with Gasteiger partial charge in [-0.25, -0.2) is 4.79 Å². The Kier molecular flexibility index (Phi) is 7.40. The van der Waals surface area contributed by atoms with Crippen molar-refractivity contribution in [3.05, 3.63) is 47.7 Å². The molecular formula is C20H25NO6. The monoisotopic (exact) mass is 375 g/mol. The smallest absolute Gasteiger partial charge is 0.332 e. The molecule has 1 heterocycles. The van der Waals surface area contributed by atoms with Gasteiger partial charge < -0.3 is 19.1 Å². The first-order valence-corrected chi connectivity index (χ1v) is 8.80. The van der Waals surface area contributed by atoms with Gasteiger partial charge in [-0.1, -0.05) is 30.3 Å². The summed E-state index contributed by atoms with van der Waals surface area (Å²) in [7, 11) is 1.32. The number of carbonyl (C=O) groups excluding carboxylic acids is 3. The minimum absolute atomic E-state index is 0.0542. The maximum absolute atomic E-state index is 11.8. The highest BCUT2D eigenvalue weighted by Crippen LogP contribution is 2.30. The van der Waals surface area contributed by atoms with E-state index >= 15 is 0 Å². The predicted molar refractivity (Wildman–Crippen MR) is 97.3 cm³/mol. The van der Waals surface area contributed by atoms with Crippen LogP contribution < -0.4 is 0 Å². The number of rotatable bonds is 6. The van der Waals surface area contributed by atoms with Gasteiger partial charge >= 0.3 is 17.9 Å². The average molecular weight is 375 g/mol. The number of hydrogen-bond acceptors (Lipinski definition) is 7. The van der Waals surface area contributed by atoms with Gasteiger partial charge in [-0.3, -0.25) is 9.59 Å². The van der Waals surface area contributed by atoms with Crippen molar-refractivity contribution in [2.75, 3.05) is 13.7 Å². The molecule has 1 aromatic rings. The normalized spacial score (nSPS) is 20.9. The van der Waals surface area contributed by atoms with Crippen LogP contribution in [0.4, 0.5) is 0 Å². The molecule has 1 fully saturated rings. The fourth-order valence-electron chi connectivity index (χ4n) is 3.14. The van der Waals surface area contributed by atoms with E-state index < -0.39 is 30.1 Å². The molecule has 0 aliphatic carbocycles. The number of likely N-dealkylation sites (tertiary alicyclic amines) is 1. The van der Waals surface area contributed by atoms with Crippen LogP contribution in [0.25, 0.3) is 0 Å². The quantitative estimate of drug-likeness (QED) is 0.428. The Morgan fingerprint density at radius 1 is 1.15 bits per heavy atom. The number of hydrogen-bond donors (Lipinski definition) is 0. The maximum Gasteiger partial charge on any atom is 0.332 e. The van der Waals surface area contributed by atoms with Crippen molar-refractivity contribution < 1.29 is 28.6 Å². The Labute approximate surface area is 158 Å². The third-order valence-corrected chi connectivity index (χ3v) is 4.34. The Morgan fingerprint density at radius 2 is 1.85 bits per heavy atom. The lowest BCUT2D eigenvalue weighted by molar-refractivity contribution is -0.156. The number of ether oxygens (including phenoxy) is 3. The molecule has 0 amide bonds. The van der Waals surface area contributed by atoms with E-state index in [1.165, 1.54) is 27.0 Å². The van der Waals surface area contributed by atoms with Gasteiger partial charge in [0.05, 0.1) is 7.11 Å². The topological polar surface area (TPSA) is 82.1 Å². The number of carbonyl (C=O) groups is 3. The summed E-state index contributed by atoms with van der Waals surface area (Å²) in [6, 6.07) is 9.30. The fourth-order valence-corrected chi connectivity index (χ4v) is 3.14. The molecule has 1 aliphatic heterocycles. The minimum atomic E-state index is -0.458. The van der Waals surface area contributed by atoms with Gasteiger partial charge in [0.15, 0.2) is 0 Å². The highest BCUT2D eigenvalue weighted by atomic mass is 16.6. The molecule has 0 radical (unpaired) electrons. The zero-order valence-electron chi connectivity index (χ0n) is 15.8. The van der Waals surface area contributed by atoms with Crippen LogP contribution in [0.1, 0.15) is 32.3 Å². The molecule has 1 aliphatic rings. The van der Waals surface area contributed by atoms with Crippen molar-refractivity contribution in [1.82, 2.24) is 4.90 Å². The largest absolute Gasteiger partial charge is 0.466 e. The standard InChI is InChI=1S/C20H25NO6/c1-14(22)26-13-18-19(27-15(2)23)10-9-17(11-20(24)25-3)21(18)12-16-7-5-4-6-8-16/h4-8,11,18-19H,9-10,12-13H2,1-3H3/b17-11+/t18-,19+/m0/s1. The van der Waals surface area contributed by atoms with Crippen LogP contribution in [0.3, 0.4) is 0 Å². The van der Waals surface area contributed by atoms with E-state index in [1.807, 2.05) is 35.2 Å². The molecular weight excluding hydrogens is 350 g/mol.